The van der Waals surface area contributed by atoms with Gasteiger partial charge >= 0.3 is 0 Å². The van der Waals surface area contributed by atoms with Crippen LogP contribution in [0.25, 0.3) is 5.65 Å². The Morgan fingerprint density at radius 3 is 3.10 bits per heavy atom. The van der Waals surface area contributed by atoms with Crippen LogP contribution in [0, 0.1) is 0 Å². The molecule has 0 aromatic carbocycles. The predicted octanol–water partition coefficient (Wildman–Crippen LogP) is 1.05. The Bertz CT molecular complexity index is 637. The fourth-order valence-corrected chi connectivity index (χ4v) is 3.69. The van der Waals surface area contributed by atoms with Crippen LogP contribution in [-0.2, 0) is 0 Å². The topological polar surface area (TPSA) is 83.5 Å². The number of hydrogen-bond donors (Lipinski definition) is 3. The predicted molar refractivity (Wildman–Crippen MR) is 82.0 cm³/mol. The maximum atomic E-state index is 5.51. The van der Waals surface area contributed by atoms with Crippen molar-refractivity contribution in [2.75, 3.05) is 23.8 Å². The van der Waals surface area contributed by atoms with Crippen LogP contribution in [0.2, 0.25) is 0 Å². The molecule has 112 valence electrons. The van der Waals surface area contributed by atoms with Crippen molar-refractivity contribution in [1.82, 2.24) is 19.3 Å². The SMILES string of the molecule is NNc1cn2ccnc2c(NC2CCN3CCCCC23)n1. The van der Waals surface area contributed by atoms with Gasteiger partial charge < -0.3 is 15.1 Å². The number of aromatic nitrogens is 3. The van der Waals surface area contributed by atoms with E-state index in [0.717, 1.165) is 11.5 Å². The highest BCUT2D eigenvalue weighted by molar-refractivity contribution is 5.65. The molecular formula is C14H21N7. The van der Waals surface area contributed by atoms with E-state index < -0.39 is 0 Å². The van der Waals surface area contributed by atoms with Crippen molar-refractivity contribution in [3.63, 3.8) is 0 Å². The van der Waals surface area contributed by atoms with Gasteiger partial charge in [-0.3, -0.25) is 4.90 Å². The highest BCUT2D eigenvalue weighted by Crippen LogP contribution is 2.30. The van der Waals surface area contributed by atoms with Gasteiger partial charge in [-0.2, -0.15) is 0 Å². The molecule has 7 heteroatoms. The third kappa shape index (κ3) is 2.22. The molecule has 2 atom stereocenters. The van der Waals surface area contributed by atoms with Crippen molar-refractivity contribution in [2.24, 2.45) is 5.84 Å². The van der Waals surface area contributed by atoms with Crippen LogP contribution < -0.4 is 16.6 Å². The number of rotatable bonds is 3. The number of nitrogen functional groups attached to an aromatic ring is 1. The van der Waals surface area contributed by atoms with E-state index in [4.69, 9.17) is 5.84 Å². The fourth-order valence-electron chi connectivity index (χ4n) is 3.69. The second kappa shape index (κ2) is 5.16. The van der Waals surface area contributed by atoms with E-state index in [1.54, 1.807) is 6.20 Å². The third-order valence-corrected chi connectivity index (χ3v) is 4.70. The first kappa shape index (κ1) is 12.8. The van der Waals surface area contributed by atoms with Gasteiger partial charge in [0, 0.05) is 31.0 Å². The quantitative estimate of drug-likeness (QED) is 0.578. The van der Waals surface area contributed by atoms with Gasteiger partial charge in [0.2, 0.25) is 0 Å². The first-order valence-electron chi connectivity index (χ1n) is 7.66. The van der Waals surface area contributed by atoms with E-state index in [0.29, 0.717) is 17.9 Å². The Kier molecular flexibility index (Phi) is 3.16. The zero-order valence-electron chi connectivity index (χ0n) is 12.0. The van der Waals surface area contributed by atoms with Gasteiger partial charge in [0.25, 0.3) is 0 Å². The second-order valence-corrected chi connectivity index (χ2v) is 5.92. The number of nitrogens with zero attached hydrogens (tertiary/aromatic N) is 4. The van der Waals surface area contributed by atoms with Crippen LogP contribution >= 0.6 is 0 Å². The number of hydrogen-bond acceptors (Lipinski definition) is 6. The van der Waals surface area contributed by atoms with Crippen molar-refractivity contribution >= 4 is 17.3 Å². The van der Waals surface area contributed by atoms with Crippen LogP contribution in [0.4, 0.5) is 11.6 Å². The van der Waals surface area contributed by atoms with Crippen LogP contribution in [0.3, 0.4) is 0 Å². The molecule has 0 saturated carbocycles. The molecule has 0 spiro atoms. The van der Waals surface area contributed by atoms with Gasteiger partial charge in [-0.25, -0.2) is 15.8 Å². The van der Waals surface area contributed by atoms with Crippen molar-refractivity contribution in [3.05, 3.63) is 18.6 Å². The van der Waals surface area contributed by atoms with Crippen molar-refractivity contribution < 1.29 is 0 Å². The van der Waals surface area contributed by atoms with Gasteiger partial charge in [-0.05, 0) is 25.8 Å². The zero-order chi connectivity index (χ0) is 14.2. The molecule has 2 unspecified atom stereocenters. The molecule has 4 rings (SSSR count). The normalized spacial score (nSPS) is 26.0. The van der Waals surface area contributed by atoms with Crippen LogP contribution in [0.5, 0.6) is 0 Å². The summed E-state index contributed by atoms with van der Waals surface area (Å²) in [5.74, 6) is 6.96. The van der Waals surface area contributed by atoms with Gasteiger partial charge in [-0.1, -0.05) is 6.42 Å². The number of anilines is 2. The van der Waals surface area contributed by atoms with E-state index in [1.807, 2.05) is 16.8 Å². The van der Waals surface area contributed by atoms with Crippen molar-refractivity contribution in [1.29, 1.82) is 0 Å². The minimum absolute atomic E-state index is 0.450. The molecule has 2 saturated heterocycles. The molecule has 0 radical (unpaired) electrons. The molecule has 0 amide bonds. The van der Waals surface area contributed by atoms with Crippen LogP contribution in [-0.4, -0.2) is 44.4 Å². The lowest BCUT2D eigenvalue weighted by atomic mass is 9.99. The lowest BCUT2D eigenvalue weighted by Crippen LogP contribution is -2.41. The maximum Gasteiger partial charge on any atom is 0.180 e. The standard InChI is InChI=1S/C14H21N7/c15-19-12-9-21-8-5-16-14(21)13(18-12)17-10-4-7-20-6-2-1-3-11(10)20/h5,8-11,19H,1-4,6-7,15H2,(H,17,18). The Balaban J connectivity index is 1.63. The van der Waals surface area contributed by atoms with Crippen molar-refractivity contribution in [3.8, 4) is 0 Å². The summed E-state index contributed by atoms with van der Waals surface area (Å²) in [5.41, 5.74) is 3.47. The first-order chi connectivity index (χ1) is 10.3. The van der Waals surface area contributed by atoms with Crippen LogP contribution in [0.15, 0.2) is 18.6 Å². The van der Waals surface area contributed by atoms with Crippen LogP contribution in [0.1, 0.15) is 25.7 Å². The summed E-state index contributed by atoms with van der Waals surface area (Å²) in [4.78, 5) is 11.5. The highest BCUT2D eigenvalue weighted by Gasteiger charge is 2.35. The molecule has 4 heterocycles. The van der Waals surface area contributed by atoms with Gasteiger partial charge in [-0.15, -0.1) is 0 Å². The molecule has 2 aromatic rings. The number of hydrazine groups is 1. The Morgan fingerprint density at radius 1 is 1.24 bits per heavy atom. The molecule has 4 N–H and O–H groups in total. The van der Waals surface area contributed by atoms with E-state index >= 15 is 0 Å². The first-order valence-corrected chi connectivity index (χ1v) is 7.66. The van der Waals surface area contributed by atoms with Gasteiger partial charge in [0.1, 0.15) is 0 Å². The molecular weight excluding hydrogens is 266 g/mol. The summed E-state index contributed by atoms with van der Waals surface area (Å²) in [6, 6.07) is 1.08. The number of imidazole rings is 1. The fraction of sp³-hybridized carbons (Fsp3) is 0.571. The van der Waals surface area contributed by atoms with E-state index in [-0.39, 0.29) is 0 Å². The molecule has 2 aromatic heterocycles. The molecule has 0 bridgehead atoms. The summed E-state index contributed by atoms with van der Waals surface area (Å²) < 4.78 is 1.94. The lowest BCUT2D eigenvalue weighted by molar-refractivity contribution is 0.192. The summed E-state index contributed by atoms with van der Waals surface area (Å²) in [5, 5.41) is 3.61. The molecule has 0 aliphatic carbocycles. The number of nitrogens with one attached hydrogen (secondary N) is 2. The summed E-state index contributed by atoms with van der Waals surface area (Å²) >= 11 is 0. The lowest BCUT2D eigenvalue weighted by Gasteiger charge is -2.32. The smallest absolute Gasteiger partial charge is 0.180 e. The van der Waals surface area contributed by atoms with Gasteiger partial charge in [0.05, 0.1) is 6.20 Å². The summed E-state index contributed by atoms with van der Waals surface area (Å²) in [6.07, 6.45) is 10.6. The van der Waals surface area contributed by atoms with E-state index in [1.165, 1.54) is 38.8 Å². The summed E-state index contributed by atoms with van der Waals surface area (Å²) in [6.45, 7) is 2.42. The molecule has 2 aliphatic heterocycles. The Hall–Kier alpha value is -1.86. The summed E-state index contributed by atoms with van der Waals surface area (Å²) in [7, 11) is 0. The zero-order valence-corrected chi connectivity index (χ0v) is 12.0. The minimum atomic E-state index is 0.450. The number of fused-ring (bicyclic) bond motifs is 2. The average molecular weight is 287 g/mol. The Morgan fingerprint density at radius 2 is 2.19 bits per heavy atom. The monoisotopic (exact) mass is 287 g/mol. The number of piperidine rings is 1. The highest BCUT2D eigenvalue weighted by atomic mass is 15.3. The number of nitrogens with two attached hydrogens (primary N) is 1. The van der Waals surface area contributed by atoms with E-state index in [9.17, 15) is 0 Å². The second-order valence-electron chi connectivity index (χ2n) is 5.92. The largest absolute Gasteiger partial charge is 0.363 e. The molecule has 7 nitrogen and oxygen atoms in total. The molecule has 2 fully saturated rings. The Labute approximate surface area is 123 Å². The van der Waals surface area contributed by atoms with Gasteiger partial charge in [0.15, 0.2) is 17.3 Å². The van der Waals surface area contributed by atoms with Crippen molar-refractivity contribution in [2.45, 2.75) is 37.8 Å². The molecule has 2 aliphatic rings. The third-order valence-electron chi connectivity index (χ3n) is 4.70. The maximum absolute atomic E-state index is 5.51. The minimum Gasteiger partial charge on any atom is -0.363 e. The molecule has 21 heavy (non-hydrogen) atoms. The van der Waals surface area contributed by atoms with E-state index in [2.05, 4.69) is 25.6 Å². The average Bonchev–Trinajstić information content (AvgIpc) is 3.14.